The average molecular weight is 219 g/mol. The maximum Gasteiger partial charge on any atom is 0.255 e. The van der Waals surface area contributed by atoms with Crippen LogP contribution in [0.15, 0.2) is 4.79 Å². The molecule has 0 fully saturated rings. The van der Waals surface area contributed by atoms with Gasteiger partial charge >= 0.3 is 0 Å². The summed E-state index contributed by atoms with van der Waals surface area (Å²) in [6.07, 6.45) is 3.10. The number of hydrogen-bond acceptors (Lipinski definition) is 4. The number of hydrogen-bond donors (Lipinski definition) is 1. The van der Waals surface area contributed by atoms with Gasteiger partial charge in [-0.25, -0.2) is 0 Å². The van der Waals surface area contributed by atoms with Gasteiger partial charge in [0.15, 0.2) is 6.61 Å². The van der Waals surface area contributed by atoms with E-state index in [1.807, 2.05) is 0 Å². The van der Waals surface area contributed by atoms with Crippen LogP contribution in [-0.4, -0.2) is 24.0 Å². The summed E-state index contributed by atoms with van der Waals surface area (Å²) in [7, 11) is 0. The van der Waals surface area contributed by atoms with Crippen LogP contribution in [0.3, 0.4) is 0 Å². The van der Waals surface area contributed by atoms with Gasteiger partial charge in [0.05, 0.1) is 24.1 Å². The number of aromatic amines is 1. The number of ketones is 1. The second kappa shape index (κ2) is 3.31. The third-order valence-electron chi connectivity index (χ3n) is 2.74. The van der Waals surface area contributed by atoms with Crippen LogP contribution in [0.25, 0.3) is 12.3 Å². The van der Waals surface area contributed by atoms with E-state index >= 15 is 0 Å². The monoisotopic (exact) mass is 219 g/mol. The Hall–Kier alpha value is -1.88. The highest BCUT2D eigenvalue weighted by Gasteiger charge is 2.21. The third-order valence-corrected chi connectivity index (χ3v) is 2.74. The molecule has 0 radical (unpaired) electrons. The number of carbonyl (C=O) groups excluding carboxylic acids is 1. The van der Waals surface area contributed by atoms with Gasteiger partial charge in [0.2, 0.25) is 5.78 Å². The topological polar surface area (TPSA) is 68.4 Å². The van der Waals surface area contributed by atoms with Gasteiger partial charge in [0.1, 0.15) is 6.26 Å². The minimum Gasteiger partial charge on any atom is -0.491 e. The molecule has 0 aromatic carbocycles. The molecular weight excluding hydrogens is 210 g/mol. The molecule has 2 aliphatic heterocycles. The summed E-state index contributed by atoms with van der Waals surface area (Å²) in [6.45, 7) is 0.729. The molecule has 0 amide bonds. The maximum absolute atomic E-state index is 11.7. The van der Waals surface area contributed by atoms with Gasteiger partial charge in [0.25, 0.3) is 5.56 Å². The Bertz CT molecular complexity index is 641. The van der Waals surface area contributed by atoms with Gasteiger partial charge < -0.3 is 14.5 Å². The predicted molar refractivity (Wildman–Crippen MR) is 55.2 cm³/mol. The van der Waals surface area contributed by atoms with Crippen molar-refractivity contribution in [1.82, 2.24) is 4.98 Å². The zero-order chi connectivity index (χ0) is 11.1. The van der Waals surface area contributed by atoms with E-state index in [-0.39, 0.29) is 17.9 Å². The van der Waals surface area contributed by atoms with Gasteiger partial charge in [0, 0.05) is 10.8 Å². The largest absolute Gasteiger partial charge is 0.491 e. The van der Waals surface area contributed by atoms with Crippen molar-refractivity contribution in [2.45, 2.75) is 6.61 Å². The first kappa shape index (κ1) is 9.35. The quantitative estimate of drug-likeness (QED) is 0.585. The zero-order valence-corrected chi connectivity index (χ0v) is 8.41. The molecule has 0 bridgehead atoms. The number of aromatic nitrogens is 1. The molecule has 1 aromatic rings. The van der Waals surface area contributed by atoms with Gasteiger partial charge in [-0.15, -0.1) is 0 Å². The first-order chi connectivity index (χ1) is 7.77. The first-order valence-electron chi connectivity index (χ1n) is 4.95. The summed E-state index contributed by atoms with van der Waals surface area (Å²) in [5, 5.41) is 0.993. The van der Waals surface area contributed by atoms with Gasteiger partial charge in [-0.05, 0) is 6.08 Å². The normalized spacial score (nSPS) is 17.6. The summed E-state index contributed by atoms with van der Waals surface area (Å²) >= 11 is 0. The Morgan fingerprint density at radius 3 is 3.00 bits per heavy atom. The fraction of sp³-hybridized carbons (Fsp3) is 0.273. The lowest BCUT2D eigenvalue weighted by molar-refractivity contribution is 0.0885. The Kier molecular flexibility index (Phi) is 1.94. The minimum absolute atomic E-state index is 0.0193. The van der Waals surface area contributed by atoms with Crippen LogP contribution in [0, 0.1) is 0 Å². The second-order valence-corrected chi connectivity index (χ2v) is 3.71. The summed E-state index contributed by atoms with van der Waals surface area (Å²) in [5.41, 5.74) is 0.998. The lowest BCUT2D eigenvalue weighted by Crippen LogP contribution is -2.44. The van der Waals surface area contributed by atoms with E-state index in [9.17, 15) is 9.59 Å². The molecule has 82 valence electrons. The molecule has 1 N–H and O–H groups in total. The van der Waals surface area contributed by atoms with E-state index < -0.39 is 0 Å². The van der Waals surface area contributed by atoms with Crippen molar-refractivity contribution in [2.24, 2.45) is 0 Å². The minimum atomic E-state index is -0.202. The number of pyridine rings is 1. The molecule has 0 saturated carbocycles. The van der Waals surface area contributed by atoms with E-state index in [0.717, 1.165) is 0 Å². The highest BCUT2D eigenvalue weighted by molar-refractivity contribution is 5.99. The first-order valence-corrected chi connectivity index (χ1v) is 4.95. The van der Waals surface area contributed by atoms with Crippen molar-refractivity contribution in [3.8, 4) is 0 Å². The molecule has 3 heterocycles. The number of nitrogens with one attached hydrogen (secondary N) is 1. The molecular formula is C11H9NO4. The van der Waals surface area contributed by atoms with Crippen LogP contribution in [0.2, 0.25) is 0 Å². The lowest BCUT2D eigenvalue weighted by atomic mass is 10.0. The van der Waals surface area contributed by atoms with Crippen molar-refractivity contribution in [3.05, 3.63) is 32.0 Å². The summed E-state index contributed by atoms with van der Waals surface area (Å²) in [5.74, 6) is -0.121. The highest BCUT2D eigenvalue weighted by Crippen LogP contribution is 2.06. The van der Waals surface area contributed by atoms with Crippen LogP contribution in [-0.2, 0) is 16.1 Å². The smallest absolute Gasteiger partial charge is 0.255 e. The van der Waals surface area contributed by atoms with E-state index in [1.54, 1.807) is 6.08 Å². The number of carbonyl (C=O) groups is 1. The molecule has 2 aliphatic rings. The molecule has 0 unspecified atom stereocenters. The molecule has 3 rings (SSSR count). The number of ether oxygens (including phenoxy) is 2. The van der Waals surface area contributed by atoms with Crippen molar-refractivity contribution < 1.29 is 14.3 Å². The standard InChI is InChI=1S/C11H9NO4/c13-9-5-16-4-8-10(9)7-3-15-2-1-6(7)11(14)12-8/h1,4H,2-3,5H2,(H,12,14). The van der Waals surface area contributed by atoms with Crippen LogP contribution in [0.1, 0.15) is 15.9 Å². The van der Waals surface area contributed by atoms with Crippen LogP contribution >= 0.6 is 0 Å². The van der Waals surface area contributed by atoms with Crippen molar-refractivity contribution in [1.29, 1.82) is 0 Å². The predicted octanol–water partition coefficient (Wildman–Crippen LogP) is -1.36. The Morgan fingerprint density at radius 1 is 1.25 bits per heavy atom. The second-order valence-electron chi connectivity index (χ2n) is 3.71. The summed E-state index contributed by atoms with van der Waals surface area (Å²) in [6, 6.07) is 0. The van der Waals surface area contributed by atoms with Gasteiger partial charge in [-0.1, -0.05) is 0 Å². The molecule has 0 atom stereocenters. The molecule has 5 heteroatoms. The molecule has 5 nitrogen and oxygen atoms in total. The van der Waals surface area contributed by atoms with Crippen LogP contribution in [0.4, 0.5) is 0 Å². The van der Waals surface area contributed by atoms with E-state index in [2.05, 4.69) is 4.98 Å². The van der Waals surface area contributed by atoms with Crippen molar-refractivity contribution in [3.63, 3.8) is 0 Å². The Labute approximate surface area is 90.0 Å². The lowest BCUT2D eigenvalue weighted by Gasteiger charge is -2.16. The molecule has 16 heavy (non-hydrogen) atoms. The fourth-order valence-electron chi connectivity index (χ4n) is 2.04. The molecule has 0 spiro atoms. The van der Waals surface area contributed by atoms with Gasteiger partial charge in [-0.2, -0.15) is 0 Å². The summed E-state index contributed by atoms with van der Waals surface area (Å²) in [4.78, 5) is 26.1. The van der Waals surface area contributed by atoms with Crippen molar-refractivity contribution in [2.75, 3.05) is 13.2 Å². The Balaban J connectivity index is 2.50. The van der Waals surface area contributed by atoms with E-state index in [0.29, 0.717) is 34.9 Å². The number of rotatable bonds is 0. The average Bonchev–Trinajstić information content (AvgIpc) is 2.29. The van der Waals surface area contributed by atoms with Gasteiger partial charge in [-0.3, -0.25) is 9.59 Å². The molecule has 0 saturated heterocycles. The van der Waals surface area contributed by atoms with Crippen LogP contribution in [0.5, 0.6) is 0 Å². The van der Waals surface area contributed by atoms with Crippen molar-refractivity contribution >= 4 is 18.1 Å². The third kappa shape index (κ3) is 1.22. The Morgan fingerprint density at radius 2 is 2.12 bits per heavy atom. The number of H-pyrrole nitrogens is 1. The maximum atomic E-state index is 11.7. The van der Waals surface area contributed by atoms with E-state index in [4.69, 9.17) is 9.47 Å². The summed E-state index contributed by atoms with van der Waals surface area (Å²) < 4.78 is 10.2. The fourth-order valence-corrected chi connectivity index (χ4v) is 2.04. The highest BCUT2D eigenvalue weighted by atomic mass is 16.5. The number of Topliss-reactive ketones (excluding diaryl/α,β-unsaturated/α-hetero) is 1. The van der Waals surface area contributed by atoms with E-state index in [1.165, 1.54) is 6.26 Å². The molecule has 0 aliphatic carbocycles. The SMILES string of the molecule is O=C1COC=c2[nH]c(=O)c3c(c21)COCC=3. The molecule has 1 aromatic heterocycles. The van der Waals surface area contributed by atoms with Crippen LogP contribution < -0.4 is 16.1 Å². The number of fused-ring (bicyclic) bond motifs is 3. The zero-order valence-electron chi connectivity index (χ0n) is 8.41.